The molecule has 2 aromatic heterocycles. The number of hydrogen-bond donors (Lipinski definition) is 0. The first kappa shape index (κ1) is 32.0. The van der Waals surface area contributed by atoms with E-state index in [1.54, 1.807) is 0 Å². The van der Waals surface area contributed by atoms with E-state index in [2.05, 4.69) is 194 Å². The van der Waals surface area contributed by atoms with Gasteiger partial charge in [-0.3, -0.25) is 0 Å². The Kier molecular flexibility index (Phi) is 7.53. The largest absolute Gasteiger partial charge is 0.455 e. The summed E-state index contributed by atoms with van der Waals surface area (Å²) in [4.78, 5) is 0. The molecule has 11 aromatic rings. The third-order valence-electron chi connectivity index (χ3n) is 11.1. The highest BCUT2D eigenvalue weighted by Gasteiger charge is 2.17. The number of hydrogen-bond acceptors (Lipinski definition) is 2. The lowest BCUT2D eigenvalue weighted by atomic mass is 9.95. The molecule has 0 bridgehead atoms. The van der Waals surface area contributed by atoms with Crippen LogP contribution in [0.25, 0.3) is 111 Å². The molecule has 0 fully saturated rings. The summed E-state index contributed by atoms with van der Waals surface area (Å²) in [6.07, 6.45) is 0. The van der Waals surface area contributed by atoms with E-state index in [0.717, 1.165) is 88.4 Å². The second-order valence-corrected chi connectivity index (χ2v) is 14.4. The zero-order valence-corrected chi connectivity index (χ0v) is 30.4. The molecular weight excluding hydrogens is 681 g/mol. The van der Waals surface area contributed by atoms with Crippen LogP contribution in [0.4, 0.5) is 0 Å². The summed E-state index contributed by atoms with van der Waals surface area (Å²) in [6, 6.07) is 73.2. The molecule has 0 unspecified atom stereocenters. The number of rotatable bonds is 6. The van der Waals surface area contributed by atoms with Crippen LogP contribution in [0.1, 0.15) is 0 Å². The van der Waals surface area contributed by atoms with Crippen LogP contribution in [0.3, 0.4) is 0 Å². The topological polar surface area (TPSA) is 26.3 Å². The molecule has 2 nitrogen and oxygen atoms in total. The molecule has 0 saturated carbocycles. The van der Waals surface area contributed by atoms with E-state index in [9.17, 15) is 0 Å². The second kappa shape index (κ2) is 13.2. The number of furan rings is 2. The third kappa shape index (κ3) is 5.42. The van der Waals surface area contributed by atoms with Crippen molar-refractivity contribution < 1.29 is 8.83 Å². The zero-order valence-electron chi connectivity index (χ0n) is 30.4. The van der Waals surface area contributed by atoms with Crippen molar-refractivity contribution in [3.63, 3.8) is 0 Å². The highest BCUT2D eigenvalue weighted by atomic mass is 16.3. The third-order valence-corrected chi connectivity index (χ3v) is 11.1. The Labute approximate surface area is 324 Å². The molecule has 2 heteroatoms. The summed E-state index contributed by atoms with van der Waals surface area (Å²) in [5.41, 5.74) is 17.4. The molecule has 11 rings (SSSR count). The minimum atomic E-state index is 0.899. The highest BCUT2D eigenvalue weighted by molar-refractivity contribution is 6.13. The number of para-hydroxylation sites is 4. The molecule has 0 atom stereocenters. The van der Waals surface area contributed by atoms with Gasteiger partial charge in [-0.15, -0.1) is 0 Å². The summed E-state index contributed by atoms with van der Waals surface area (Å²) < 4.78 is 13.2. The van der Waals surface area contributed by atoms with Crippen LogP contribution in [-0.4, -0.2) is 0 Å². The van der Waals surface area contributed by atoms with Gasteiger partial charge in [-0.25, -0.2) is 0 Å². The molecule has 0 aliphatic rings. The fourth-order valence-corrected chi connectivity index (χ4v) is 8.31. The maximum absolute atomic E-state index is 6.86. The summed E-state index contributed by atoms with van der Waals surface area (Å²) in [6.45, 7) is 0. The lowest BCUT2D eigenvalue weighted by molar-refractivity contribution is 0.670. The quantitative estimate of drug-likeness (QED) is 0.171. The van der Waals surface area contributed by atoms with Crippen LogP contribution in [0.15, 0.2) is 215 Å². The molecule has 0 spiro atoms. The predicted molar refractivity (Wildman–Crippen MR) is 234 cm³/mol. The van der Waals surface area contributed by atoms with Gasteiger partial charge >= 0.3 is 0 Å². The molecule has 9 aromatic carbocycles. The molecule has 2 heterocycles. The van der Waals surface area contributed by atoms with Crippen molar-refractivity contribution in [2.24, 2.45) is 0 Å². The molecule has 56 heavy (non-hydrogen) atoms. The molecule has 0 N–H and O–H groups in total. The average molecular weight is 715 g/mol. The van der Waals surface area contributed by atoms with Crippen LogP contribution in [0.5, 0.6) is 0 Å². The number of benzene rings is 9. The van der Waals surface area contributed by atoms with E-state index in [4.69, 9.17) is 8.83 Å². The van der Waals surface area contributed by atoms with Crippen LogP contribution < -0.4 is 0 Å². The fourth-order valence-electron chi connectivity index (χ4n) is 8.31. The van der Waals surface area contributed by atoms with Crippen molar-refractivity contribution >= 4 is 43.9 Å². The Bertz CT molecular complexity index is 3220. The van der Waals surface area contributed by atoms with E-state index in [-0.39, 0.29) is 0 Å². The Balaban J connectivity index is 0.925. The van der Waals surface area contributed by atoms with Gasteiger partial charge < -0.3 is 8.83 Å². The fraction of sp³-hybridized carbons (Fsp3) is 0. The van der Waals surface area contributed by atoms with Gasteiger partial charge in [0.1, 0.15) is 22.3 Å². The minimum Gasteiger partial charge on any atom is -0.455 e. The van der Waals surface area contributed by atoms with Gasteiger partial charge in [0.15, 0.2) is 0 Å². The maximum Gasteiger partial charge on any atom is 0.143 e. The molecule has 0 saturated heterocycles. The highest BCUT2D eigenvalue weighted by Crippen LogP contribution is 2.42. The van der Waals surface area contributed by atoms with Crippen molar-refractivity contribution in [3.05, 3.63) is 206 Å². The first-order valence-corrected chi connectivity index (χ1v) is 19.1. The van der Waals surface area contributed by atoms with Gasteiger partial charge in [-0.05, 0) is 68.3 Å². The first-order chi connectivity index (χ1) is 27.7. The first-order valence-electron chi connectivity index (χ1n) is 19.1. The average Bonchev–Trinajstić information content (AvgIpc) is 3.86. The van der Waals surface area contributed by atoms with Gasteiger partial charge in [0.05, 0.1) is 0 Å². The van der Waals surface area contributed by atoms with Gasteiger partial charge in [0.2, 0.25) is 0 Å². The van der Waals surface area contributed by atoms with Gasteiger partial charge in [0.25, 0.3) is 0 Å². The standard InChI is InChI=1S/C54H34O2/c1-2-11-35(12-3-1)36-25-27-37(28-26-36)40-13-7-16-43(34-40)46-20-10-23-50-49-22-8-18-44(53(49)56-54(46)50)39-31-29-38(30-32-39)41-14-6-15-42(33-41)45-19-9-21-48-47-17-4-5-24-51(47)55-52(45)48/h1-34H. The van der Waals surface area contributed by atoms with E-state index in [1.165, 1.54) is 22.3 Å². The van der Waals surface area contributed by atoms with Crippen LogP contribution in [-0.2, 0) is 0 Å². The van der Waals surface area contributed by atoms with Gasteiger partial charge in [-0.1, -0.05) is 188 Å². The van der Waals surface area contributed by atoms with E-state index in [1.807, 2.05) is 12.1 Å². The van der Waals surface area contributed by atoms with Crippen molar-refractivity contribution in [2.75, 3.05) is 0 Å². The second-order valence-electron chi connectivity index (χ2n) is 14.4. The van der Waals surface area contributed by atoms with Crippen molar-refractivity contribution in [1.29, 1.82) is 0 Å². The molecule has 0 radical (unpaired) electrons. The van der Waals surface area contributed by atoms with Crippen molar-refractivity contribution in [2.45, 2.75) is 0 Å². The number of fused-ring (bicyclic) bond motifs is 6. The molecule has 262 valence electrons. The summed E-state index contributed by atoms with van der Waals surface area (Å²) in [7, 11) is 0. The zero-order chi connectivity index (χ0) is 37.0. The van der Waals surface area contributed by atoms with E-state index in [0.29, 0.717) is 0 Å². The van der Waals surface area contributed by atoms with Crippen LogP contribution >= 0.6 is 0 Å². The van der Waals surface area contributed by atoms with Gasteiger partial charge in [0, 0.05) is 38.2 Å². The summed E-state index contributed by atoms with van der Waals surface area (Å²) in [5.74, 6) is 0. The predicted octanol–water partition coefficient (Wildman–Crippen LogP) is 15.5. The molecule has 0 aliphatic carbocycles. The SMILES string of the molecule is c1ccc(-c2ccc(-c3cccc(-c4cccc5c4oc4c(-c6ccc(-c7cccc(-c8cccc9c8oc8ccccc89)c7)cc6)cccc45)c3)cc2)cc1. The maximum atomic E-state index is 6.86. The lowest BCUT2D eigenvalue weighted by Crippen LogP contribution is -1.84. The van der Waals surface area contributed by atoms with Crippen molar-refractivity contribution in [1.82, 2.24) is 0 Å². The molecule has 0 aliphatic heterocycles. The van der Waals surface area contributed by atoms with Crippen LogP contribution in [0, 0.1) is 0 Å². The Morgan fingerprint density at radius 1 is 0.214 bits per heavy atom. The Hall–Kier alpha value is -7.42. The normalized spacial score (nSPS) is 11.6. The minimum absolute atomic E-state index is 0.899. The molecule has 0 amide bonds. The lowest BCUT2D eigenvalue weighted by Gasteiger charge is -2.09. The summed E-state index contributed by atoms with van der Waals surface area (Å²) in [5, 5.41) is 4.51. The smallest absolute Gasteiger partial charge is 0.143 e. The van der Waals surface area contributed by atoms with E-state index < -0.39 is 0 Å². The van der Waals surface area contributed by atoms with Crippen molar-refractivity contribution in [3.8, 4) is 66.8 Å². The van der Waals surface area contributed by atoms with Gasteiger partial charge in [-0.2, -0.15) is 0 Å². The van der Waals surface area contributed by atoms with Crippen LogP contribution in [0.2, 0.25) is 0 Å². The monoisotopic (exact) mass is 714 g/mol. The Morgan fingerprint density at radius 3 is 1.14 bits per heavy atom. The summed E-state index contributed by atoms with van der Waals surface area (Å²) >= 11 is 0. The Morgan fingerprint density at radius 2 is 0.571 bits per heavy atom. The van der Waals surface area contributed by atoms with E-state index >= 15 is 0 Å². The molecular formula is C54H34O2.